The second kappa shape index (κ2) is 6.53. The van der Waals surface area contributed by atoms with E-state index in [-0.39, 0.29) is 11.7 Å². The number of aromatic hydroxyl groups is 1. The molecule has 1 aromatic carbocycles. The van der Waals surface area contributed by atoms with Gasteiger partial charge in [-0.05, 0) is 31.2 Å². The summed E-state index contributed by atoms with van der Waals surface area (Å²) >= 11 is 0. The average molecular weight is 328 g/mol. The van der Waals surface area contributed by atoms with E-state index < -0.39 is 16.1 Å². The molecule has 0 aromatic heterocycles. The van der Waals surface area contributed by atoms with Gasteiger partial charge in [-0.3, -0.25) is 4.79 Å². The molecule has 8 heteroatoms. The van der Waals surface area contributed by atoms with E-state index in [0.29, 0.717) is 31.9 Å². The van der Waals surface area contributed by atoms with Crippen LogP contribution in [0.25, 0.3) is 0 Å². The molecule has 2 rings (SSSR count). The number of ether oxygens (including phenoxy) is 1. The summed E-state index contributed by atoms with van der Waals surface area (Å²) in [5.41, 5.74) is 0. The van der Waals surface area contributed by atoms with Crippen molar-refractivity contribution < 1.29 is 23.1 Å². The number of sulfonamides is 1. The van der Waals surface area contributed by atoms with Gasteiger partial charge in [0.2, 0.25) is 10.0 Å². The fraction of sp³-hybridized carbons (Fsp3) is 0.500. The first-order valence-corrected chi connectivity index (χ1v) is 8.82. The van der Waals surface area contributed by atoms with Crippen molar-refractivity contribution in [2.45, 2.75) is 13.0 Å². The van der Waals surface area contributed by atoms with Gasteiger partial charge >= 0.3 is 0 Å². The van der Waals surface area contributed by atoms with Crippen molar-refractivity contribution in [2.24, 2.45) is 0 Å². The molecule has 22 heavy (non-hydrogen) atoms. The predicted octanol–water partition coefficient (Wildman–Crippen LogP) is 0.263. The number of benzene rings is 1. The molecule has 1 amide bonds. The van der Waals surface area contributed by atoms with Gasteiger partial charge in [0.25, 0.3) is 5.91 Å². The molecule has 1 N–H and O–H groups in total. The predicted molar refractivity (Wildman–Crippen MR) is 81.2 cm³/mol. The van der Waals surface area contributed by atoms with Gasteiger partial charge in [-0.25, -0.2) is 8.42 Å². The lowest BCUT2D eigenvalue weighted by molar-refractivity contribution is -0.139. The Morgan fingerprint density at radius 1 is 1.18 bits per heavy atom. The summed E-state index contributed by atoms with van der Waals surface area (Å²) in [6.45, 7) is 2.97. The first-order chi connectivity index (χ1) is 10.3. The van der Waals surface area contributed by atoms with Crippen LogP contribution in [0.1, 0.15) is 6.92 Å². The fourth-order valence-electron chi connectivity index (χ4n) is 2.28. The molecule has 0 radical (unpaired) electrons. The molecule has 1 heterocycles. The number of carbonyl (C=O) groups excluding carboxylic acids is 1. The maximum Gasteiger partial charge on any atom is 0.263 e. The molecule has 1 saturated heterocycles. The lowest BCUT2D eigenvalue weighted by Crippen LogP contribution is -2.53. The normalized spacial score (nSPS) is 18.0. The Morgan fingerprint density at radius 3 is 2.23 bits per heavy atom. The minimum Gasteiger partial charge on any atom is -0.508 e. The molecular formula is C14H20N2O5S. The summed E-state index contributed by atoms with van der Waals surface area (Å²) in [6.07, 6.45) is 0.496. The molecule has 122 valence electrons. The monoisotopic (exact) mass is 328 g/mol. The zero-order valence-corrected chi connectivity index (χ0v) is 13.4. The minimum atomic E-state index is -3.21. The van der Waals surface area contributed by atoms with Gasteiger partial charge in [0.15, 0.2) is 6.10 Å². The fourth-order valence-corrected chi connectivity index (χ4v) is 3.10. The zero-order valence-electron chi connectivity index (χ0n) is 12.6. The Hall–Kier alpha value is -1.80. The van der Waals surface area contributed by atoms with E-state index >= 15 is 0 Å². The molecule has 0 aliphatic carbocycles. The van der Waals surface area contributed by atoms with Crippen LogP contribution in [-0.2, 0) is 14.8 Å². The summed E-state index contributed by atoms with van der Waals surface area (Å²) < 4.78 is 29.8. The molecule has 0 bridgehead atoms. The SMILES string of the molecule is CC(Oc1ccc(O)cc1)C(=O)N1CCN(S(C)(=O)=O)CC1. The molecule has 0 spiro atoms. The highest BCUT2D eigenvalue weighted by Gasteiger charge is 2.29. The van der Waals surface area contributed by atoms with E-state index in [1.165, 1.54) is 22.7 Å². The Kier molecular flexibility index (Phi) is 4.92. The Labute approximate surface area is 130 Å². The number of piperazine rings is 1. The summed E-state index contributed by atoms with van der Waals surface area (Å²) in [4.78, 5) is 13.9. The van der Waals surface area contributed by atoms with Crippen molar-refractivity contribution in [1.29, 1.82) is 0 Å². The van der Waals surface area contributed by atoms with E-state index in [2.05, 4.69) is 0 Å². The number of hydrogen-bond donors (Lipinski definition) is 1. The Morgan fingerprint density at radius 2 is 1.73 bits per heavy atom. The van der Waals surface area contributed by atoms with Crippen LogP contribution in [0.4, 0.5) is 0 Å². The topological polar surface area (TPSA) is 87.2 Å². The molecule has 1 aliphatic rings. The summed E-state index contributed by atoms with van der Waals surface area (Å²) in [6, 6.07) is 6.14. The quantitative estimate of drug-likeness (QED) is 0.857. The third-order valence-electron chi connectivity index (χ3n) is 3.52. The van der Waals surface area contributed by atoms with Gasteiger partial charge < -0.3 is 14.7 Å². The van der Waals surface area contributed by atoms with E-state index in [9.17, 15) is 18.3 Å². The van der Waals surface area contributed by atoms with Crippen molar-refractivity contribution in [3.05, 3.63) is 24.3 Å². The second-order valence-electron chi connectivity index (χ2n) is 5.24. The van der Waals surface area contributed by atoms with Crippen molar-refractivity contribution >= 4 is 15.9 Å². The van der Waals surface area contributed by atoms with Gasteiger partial charge in [-0.2, -0.15) is 4.31 Å². The maximum absolute atomic E-state index is 12.3. The Balaban J connectivity index is 1.90. The van der Waals surface area contributed by atoms with E-state index in [1.807, 2.05) is 0 Å². The number of rotatable bonds is 4. The van der Waals surface area contributed by atoms with Crippen LogP contribution in [-0.4, -0.2) is 67.2 Å². The lowest BCUT2D eigenvalue weighted by Gasteiger charge is -2.34. The Bertz CT molecular complexity index is 621. The molecule has 1 fully saturated rings. The second-order valence-corrected chi connectivity index (χ2v) is 7.22. The van der Waals surface area contributed by atoms with Crippen LogP contribution in [0.3, 0.4) is 0 Å². The largest absolute Gasteiger partial charge is 0.508 e. The lowest BCUT2D eigenvalue weighted by atomic mass is 10.2. The maximum atomic E-state index is 12.3. The number of phenolic OH excluding ortho intramolecular Hbond substituents is 1. The van der Waals surface area contributed by atoms with Crippen LogP contribution in [0.5, 0.6) is 11.5 Å². The van der Waals surface area contributed by atoms with Crippen molar-refractivity contribution in [1.82, 2.24) is 9.21 Å². The number of amides is 1. The van der Waals surface area contributed by atoms with Crippen molar-refractivity contribution in [3.8, 4) is 11.5 Å². The highest BCUT2D eigenvalue weighted by Crippen LogP contribution is 2.18. The summed E-state index contributed by atoms with van der Waals surface area (Å²) in [5.74, 6) is 0.442. The van der Waals surface area contributed by atoms with Gasteiger partial charge in [0.1, 0.15) is 11.5 Å². The van der Waals surface area contributed by atoms with E-state index in [0.717, 1.165) is 0 Å². The van der Waals surface area contributed by atoms with Gasteiger partial charge in [-0.1, -0.05) is 0 Å². The molecule has 1 aliphatic heterocycles. The molecule has 1 unspecified atom stereocenters. The number of hydrogen-bond acceptors (Lipinski definition) is 5. The molecular weight excluding hydrogens is 308 g/mol. The smallest absolute Gasteiger partial charge is 0.263 e. The molecule has 0 saturated carbocycles. The number of nitrogens with zero attached hydrogens (tertiary/aromatic N) is 2. The minimum absolute atomic E-state index is 0.128. The van der Waals surface area contributed by atoms with Crippen LogP contribution >= 0.6 is 0 Å². The van der Waals surface area contributed by atoms with Crippen molar-refractivity contribution in [2.75, 3.05) is 32.4 Å². The third kappa shape index (κ3) is 4.11. The molecule has 1 atom stereocenters. The zero-order chi connectivity index (χ0) is 16.3. The van der Waals surface area contributed by atoms with E-state index in [4.69, 9.17) is 4.74 Å². The van der Waals surface area contributed by atoms with Crippen LogP contribution < -0.4 is 4.74 Å². The number of phenols is 1. The van der Waals surface area contributed by atoms with Crippen LogP contribution in [0, 0.1) is 0 Å². The molecule has 1 aromatic rings. The van der Waals surface area contributed by atoms with Crippen LogP contribution in [0.2, 0.25) is 0 Å². The summed E-state index contributed by atoms with van der Waals surface area (Å²) in [5, 5.41) is 9.21. The highest BCUT2D eigenvalue weighted by molar-refractivity contribution is 7.88. The summed E-state index contributed by atoms with van der Waals surface area (Å²) in [7, 11) is -3.21. The molecule has 7 nitrogen and oxygen atoms in total. The van der Waals surface area contributed by atoms with Gasteiger partial charge in [0.05, 0.1) is 6.26 Å². The van der Waals surface area contributed by atoms with Gasteiger partial charge in [-0.15, -0.1) is 0 Å². The van der Waals surface area contributed by atoms with E-state index in [1.54, 1.807) is 24.0 Å². The standard InChI is InChI=1S/C14H20N2O5S/c1-11(21-13-5-3-12(17)4-6-13)14(18)15-7-9-16(10-8-15)22(2,19)20/h3-6,11,17H,7-10H2,1-2H3. The average Bonchev–Trinajstić information content (AvgIpc) is 2.48. The van der Waals surface area contributed by atoms with Gasteiger partial charge in [0, 0.05) is 26.2 Å². The van der Waals surface area contributed by atoms with Crippen molar-refractivity contribution in [3.63, 3.8) is 0 Å². The van der Waals surface area contributed by atoms with Crippen LogP contribution in [0.15, 0.2) is 24.3 Å². The number of carbonyl (C=O) groups is 1. The first kappa shape index (κ1) is 16.6. The first-order valence-electron chi connectivity index (χ1n) is 6.97. The third-order valence-corrected chi connectivity index (χ3v) is 4.82. The highest BCUT2D eigenvalue weighted by atomic mass is 32.2.